The van der Waals surface area contributed by atoms with Crippen molar-refractivity contribution in [1.82, 2.24) is 10.2 Å². The molecule has 100 valence electrons. The number of likely N-dealkylation sites (N-methyl/N-ethyl adjacent to an activating group) is 1. The Morgan fingerprint density at radius 3 is 2.76 bits per heavy atom. The first-order valence-electron chi connectivity index (χ1n) is 6.34. The number of rotatable bonds is 7. The number of hydrogen-bond donors (Lipinski definition) is 2. The molecule has 3 N–H and O–H groups in total. The van der Waals surface area contributed by atoms with Crippen molar-refractivity contribution in [2.75, 3.05) is 33.9 Å². The fourth-order valence-electron chi connectivity index (χ4n) is 2.32. The fourth-order valence-corrected chi connectivity index (χ4v) is 2.32. The topological polar surface area (TPSA) is 67.6 Å². The van der Waals surface area contributed by atoms with Crippen LogP contribution in [0.1, 0.15) is 25.7 Å². The maximum absolute atomic E-state index is 11.7. The van der Waals surface area contributed by atoms with Gasteiger partial charge >= 0.3 is 0 Å². The van der Waals surface area contributed by atoms with Crippen molar-refractivity contribution >= 4 is 5.91 Å². The first-order chi connectivity index (χ1) is 8.11. The minimum Gasteiger partial charge on any atom is -0.383 e. The van der Waals surface area contributed by atoms with E-state index in [2.05, 4.69) is 5.32 Å². The summed E-state index contributed by atoms with van der Waals surface area (Å²) in [7, 11) is 3.54. The molecule has 0 aromatic rings. The van der Waals surface area contributed by atoms with E-state index in [9.17, 15) is 4.79 Å². The van der Waals surface area contributed by atoms with E-state index in [1.807, 2.05) is 11.9 Å². The lowest BCUT2D eigenvalue weighted by Crippen LogP contribution is -2.44. The van der Waals surface area contributed by atoms with Crippen LogP contribution in [0.4, 0.5) is 0 Å². The highest BCUT2D eigenvalue weighted by Gasteiger charge is 2.18. The van der Waals surface area contributed by atoms with Crippen molar-refractivity contribution in [1.29, 1.82) is 0 Å². The van der Waals surface area contributed by atoms with Gasteiger partial charge in [0.05, 0.1) is 13.2 Å². The van der Waals surface area contributed by atoms with Crippen LogP contribution in [0.25, 0.3) is 0 Å². The van der Waals surface area contributed by atoms with Gasteiger partial charge in [-0.05, 0) is 19.9 Å². The highest BCUT2D eigenvalue weighted by molar-refractivity contribution is 5.78. The Bertz CT molecular complexity index is 230. The summed E-state index contributed by atoms with van der Waals surface area (Å²) in [6, 6.07) is 0.354. The van der Waals surface area contributed by atoms with Gasteiger partial charge in [0.1, 0.15) is 0 Å². The van der Waals surface area contributed by atoms with Gasteiger partial charge in [-0.15, -0.1) is 0 Å². The molecule has 0 saturated heterocycles. The second kappa shape index (κ2) is 7.63. The third kappa shape index (κ3) is 6.00. The zero-order chi connectivity index (χ0) is 12.7. The quantitative estimate of drug-likeness (QED) is 0.658. The Hall–Kier alpha value is -0.650. The largest absolute Gasteiger partial charge is 0.383 e. The first-order valence-corrected chi connectivity index (χ1v) is 6.34. The van der Waals surface area contributed by atoms with Gasteiger partial charge in [0, 0.05) is 25.7 Å². The molecular weight excluding hydrogens is 218 g/mol. The first kappa shape index (κ1) is 14.4. The van der Waals surface area contributed by atoms with Gasteiger partial charge in [-0.3, -0.25) is 9.69 Å². The average Bonchev–Trinajstić information content (AvgIpc) is 2.69. The van der Waals surface area contributed by atoms with Gasteiger partial charge in [0.25, 0.3) is 0 Å². The van der Waals surface area contributed by atoms with Gasteiger partial charge in [0.15, 0.2) is 0 Å². The summed E-state index contributed by atoms with van der Waals surface area (Å²) in [5, 5.41) is 3.06. The minimum absolute atomic E-state index is 0.0377. The van der Waals surface area contributed by atoms with Crippen molar-refractivity contribution in [3.63, 3.8) is 0 Å². The molecule has 0 aromatic heterocycles. The van der Waals surface area contributed by atoms with Crippen molar-refractivity contribution in [2.45, 2.75) is 37.8 Å². The van der Waals surface area contributed by atoms with Crippen LogP contribution in [-0.2, 0) is 9.53 Å². The predicted octanol–water partition coefficient (Wildman–Crippen LogP) is -0.0493. The van der Waals surface area contributed by atoms with Gasteiger partial charge < -0.3 is 15.8 Å². The molecule has 0 bridgehead atoms. The molecular formula is C12H25N3O2. The summed E-state index contributed by atoms with van der Waals surface area (Å²) in [5.74, 6) is 0.101. The number of ether oxygens (including phenoxy) is 1. The van der Waals surface area contributed by atoms with Gasteiger partial charge in [-0.1, -0.05) is 12.8 Å². The number of carbonyl (C=O) groups excluding carboxylic acids is 1. The fraction of sp³-hybridized carbons (Fsp3) is 0.917. The molecule has 1 saturated carbocycles. The summed E-state index contributed by atoms with van der Waals surface area (Å²) in [6.07, 6.45) is 4.72. The lowest BCUT2D eigenvalue weighted by molar-refractivity contribution is -0.122. The number of carbonyl (C=O) groups is 1. The molecule has 5 heteroatoms. The molecule has 0 spiro atoms. The smallest absolute Gasteiger partial charge is 0.234 e. The van der Waals surface area contributed by atoms with E-state index in [0.717, 1.165) is 12.8 Å². The molecule has 1 atom stereocenters. The summed E-state index contributed by atoms with van der Waals surface area (Å²) in [6.45, 7) is 1.61. The molecule has 1 rings (SSSR count). The number of amides is 1. The number of nitrogens with zero attached hydrogens (tertiary/aromatic N) is 1. The SMILES string of the molecule is COCC(N)CN(C)CC(=O)NC1CCCC1. The van der Waals surface area contributed by atoms with Crippen LogP contribution in [0, 0.1) is 0 Å². The van der Waals surface area contributed by atoms with E-state index in [1.165, 1.54) is 12.8 Å². The van der Waals surface area contributed by atoms with Crippen LogP contribution in [0.3, 0.4) is 0 Å². The number of nitrogens with two attached hydrogens (primary N) is 1. The van der Waals surface area contributed by atoms with E-state index in [0.29, 0.717) is 25.7 Å². The zero-order valence-electron chi connectivity index (χ0n) is 10.9. The zero-order valence-corrected chi connectivity index (χ0v) is 10.9. The van der Waals surface area contributed by atoms with Crippen LogP contribution in [-0.4, -0.2) is 56.7 Å². The Morgan fingerprint density at radius 2 is 2.18 bits per heavy atom. The highest BCUT2D eigenvalue weighted by atomic mass is 16.5. The Morgan fingerprint density at radius 1 is 1.53 bits per heavy atom. The van der Waals surface area contributed by atoms with Gasteiger partial charge in [-0.25, -0.2) is 0 Å². The monoisotopic (exact) mass is 243 g/mol. The summed E-state index contributed by atoms with van der Waals surface area (Å²) >= 11 is 0. The Labute approximate surface area is 104 Å². The van der Waals surface area contributed by atoms with Gasteiger partial charge in [0.2, 0.25) is 5.91 Å². The van der Waals surface area contributed by atoms with Crippen LogP contribution in [0.15, 0.2) is 0 Å². The Balaban J connectivity index is 2.15. The third-order valence-corrected chi connectivity index (χ3v) is 3.06. The van der Waals surface area contributed by atoms with Crippen LogP contribution >= 0.6 is 0 Å². The molecule has 1 aliphatic carbocycles. The van der Waals surface area contributed by atoms with Crippen molar-refractivity contribution in [2.24, 2.45) is 5.73 Å². The molecule has 1 fully saturated rings. The second-order valence-electron chi connectivity index (χ2n) is 4.96. The molecule has 1 amide bonds. The lowest BCUT2D eigenvalue weighted by atomic mass is 10.2. The summed E-state index contributed by atoms with van der Waals surface area (Å²) in [5.41, 5.74) is 5.83. The number of hydrogen-bond acceptors (Lipinski definition) is 4. The van der Waals surface area contributed by atoms with E-state index < -0.39 is 0 Å². The van der Waals surface area contributed by atoms with Crippen molar-refractivity contribution in [3.8, 4) is 0 Å². The van der Waals surface area contributed by atoms with E-state index in [-0.39, 0.29) is 11.9 Å². The molecule has 0 heterocycles. The molecule has 0 radical (unpaired) electrons. The van der Waals surface area contributed by atoms with Gasteiger partial charge in [-0.2, -0.15) is 0 Å². The minimum atomic E-state index is -0.0377. The van der Waals surface area contributed by atoms with E-state index >= 15 is 0 Å². The van der Waals surface area contributed by atoms with Crippen molar-refractivity contribution < 1.29 is 9.53 Å². The Kier molecular flexibility index (Phi) is 6.47. The molecule has 5 nitrogen and oxygen atoms in total. The lowest BCUT2D eigenvalue weighted by Gasteiger charge is -2.21. The van der Waals surface area contributed by atoms with Crippen LogP contribution in [0.2, 0.25) is 0 Å². The van der Waals surface area contributed by atoms with E-state index in [4.69, 9.17) is 10.5 Å². The average molecular weight is 243 g/mol. The van der Waals surface area contributed by atoms with Crippen molar-refractivity contribution in [3.05, 3.63) is 0 Å². The summed E-state index contributed by atoms with van der Waals surface area (Å²) < 4.78 is 4.96. The molecule has 1 unspecified atom stereocenters. The third-order valence-electron chi connectivity index (χ3n) is 3.06. The number of nitrogens with one attached hydrogen (secondary N) is 1. The van der Waals surface area contributed by atoms with E-state index in [1.54, 1.807) is 7.11 Å². The second-order valence-corrected chi connectivity index (χ2v) is 4.96. The van der Waals surface area contributed by atoms with Crippen LogP contribution < -0.4 is 11.1 Å². The van der Waals surface area contributed by atoms with Crippen LogP contribution in [0.5, 0.6) is 0 Å². The standard InChI is InChI=1S/C12H25N3O2/c1-15(7-10(13)9-17-2)8-12(16)14-11-5-3-4-6-11/h10-11H,3-9,13H2,1-2H3,(H,14,16). The normalized spacial score (nSPS) is 18.6. The molecule has 0 aromatic carbocycles. The highest BCUT2D eigenvalue weighted by Crippen LogP contribution is 2.17. The maximum Gasteiger partial charge on any atom is 0.234 e. The predicted molar refractivity (Wildman–Crippen MR) is 67.7 cm³/mol. The number of methoxy groups -OCH3 is 1. The summed E-state index contributed by atoms with van der Waals surface area (Å²) in [4.78, 5) is 13.7. The molecule has 17 heavy (non-hydrogen) atoms. The molecule has 0 aliphatic heterocycles. The maximum atomic E-state index is 11.7. The molecule has 1 aliphatic rings.